The maximum Gasteiger partial charge on any atom is 0.267 e. The van der Waals surface area contributed by atoms with E-state index in [9.17, 15) is 8.42 Å². The summed E-state index contributed by atoms with van der Waals surface area (Å²) in [6, 6.07) is 0. The molecule has 10 heteroatoms. The summed E-state index contributed by atoms with van der Waals surface area (Å²) in [6.45, 7) is -0.530. The Morgan fingerprint density at radius 2 is 2.00 bits per heavy atom. The molecule has 8 nitrogen and oxygen atoms in total. The topological polar surface area (TPSA) is 123 Å². The average Bonchev–Trinajstić information content (AvgIpc) is 2.25. The van der Waals surface area contributed by atoms with Crippen LogP contribution in [-0.4, -0.2) is 46.7 Å². The number of aliphatic hydroxyl groups is 1. The van der Waals surface area contributed by atoms with Crippen LogP contribution in [0.4, 0.5) is 0 Å². The average molecular weight is 290 g/mol. The van der Waals surface area contributed by atoms with Crippen molar-refractivity contribution in [1.29, 1.82) is 0 Å². The first-order valence-corrected chi connectivity index (χ1v) is 7.10. The molecule has 0 aromatic carbocycles. The Labute approximate surface area is 103 Å². The summed E-state index contributed by atoms with van der Waals surface area (Å²) < 4.78 is 40.3. The molecule has 1 saturated carbocycles. The van der Waals surface area contributed by atoms with E-state index in [1.807, 2.05) is 0 Å². The normalized spacial score (nSPS) is 30.4. The van der Waals surface area contributed by atoms with Gasteiger partial charge >= 0.3 is 0 Å². The van der Waals surface area contributed by atoms with Gasteiger partial charge in [0.25, 0.3) is 10.1 Å². The Morgan fingerprint density at radius 3 is 2.53 bits per heavy atom. The molecule has 0 amide bonds. The first-order chi connectivity index (χ1) is 7.97. The minimum absolute atomic E-state index is 0.108. The lowest BCUT2D eigenvalue weighted by molar-refractivity contribution is -0.432. The molecule has 102 valence electrons. The second kappa shape index (κ2) is 6.85. The minimum atomic E-state index is -4.17. The molecule has 1 aliphatic carbocycles. The molecule has 17 heavy (non-hydrogen) atoms. The predicted molar refractivity (Wildman–Crippen MR) is 57.3 cm³/mol. The van der Waals surface area contributed by atoms with Crippen LogP contribution in [0.15, 0.2) is 0 Å². The van der Waals surface area contributed by atoms with Gasteiger partial charge in [0.1, 0.15) is 6.79 Å². The van der Waals surface area contributed by atoms with E-state index in [1.165, 1.54) is 0 Å². The smallest absolute Gasteiger partial charge is 0.267 e. The maximum absolute atomic E-state index is 11.1. The Hall–Kier alpha value is 0.0600. The van der Waals surface area contributed by atoms with E-state index >= 15 is 0 Å². The first-order valence-electron chi connectivity index (χ1n) is 4.79. The van der Waals surface area contributed by atoms with Crippen molar-refractivity contribution < 1.29 is 37.4 Å². The van der Waals surface area contributed by atoms with Crippen LogP contribution < -0.4 is 0 Å². The highest BCUT2D eigenvalue weighted by molar-refractivity contribution is 7.95. The molecule has 0 spiro atoms. The molecule has 0 radical (unpaired) electrons. The van der Waals surface area contributed by atoms with Crippen molar-refractivity contribution in [2.45, 2.75) is 35.9 Å². The van der Waals surface area contributed by atoms with Crippen molar-refractivity contribution in [3.63, 3.8) is 0 Å². The van der Waals surface area contributed by atoms with Gasteiger partial charge in [0, 0.05) is 17.3 Å². The Balaban J connectivity index is 2.62. The first kappa shape index (κ1) is 15.1. The summed E-state index contributed by atoms with van der Waals surface area (Å²) >= 11 is 0.737. The van der Waals surface area contributed by atoms with Crippen molar-refractivity contribution in [2.75, 3.05) is 6.79 Å². The zero-order valence-corrected chi connectivity index (χ0v) is 10.4. The molecule has 1 aliphatic rings. The molecule has 0 aromatic heterocycles. The fourth-order valence-electron chi connectivity index (χ4n) is 1.80. The molecule has 3 unspecified atom stereocenters. The van der Waals surface area contributed by atoms with Gasteiger partial charge < -0.3 is 9.84 Å². The maximum atomic E-state index is 11.1. The summed E-state index contributed by atoms with van der Waals surface area (Å²) in [4.78, 5) is 0. The van der Waals surface area contributed by atoms with Crippen LogP contribution in [0, 0.1) is 0 Å². The number of rotatable bonds is 6. The SMILES string of the molecule is O=S(=O)(O)C1CC(OCO)CC(SOOO)C1. The van der Waals surface area contributed by atoms with E-state index < -0.39 is 28.3 Å². The molecule has 0 aliphatic heterocycles. The lowest BCUT2D eigenvalue weighted by atomic mass is 9.96. The fourth-order valence-corrected chi connectivity index (χ4v) is 3.61. The van der Waals surface area contributed by atoms with E-state index in [4.69, 9.17) is 19.7 Å². The lowest BCUT2D eigenvalue weighted by Gasteiger charge is -2.31. The number of aliphatic hydroxyl groups excluding tert-OH is 1. The minimum Gasteiger partial charge on any atom is -0.371 e. The van der Waals surface area contributed by atoms with E-state index in [0.29, 0.717) is 6.42 Å². The third-order valence-electron chi connectivity index (χ3n) is 2.51. The highest BCUT2D eigenvalue weighted by Crippen LogP contribution is 2.33. The van der Waals surface area contributed by atoms with Crippen LogP contribution in [0.3, 0.4) is 0 Å². The summed E-state index contributed by atoms with van der Waals surface area (Å²) in [7, 11) is -4.17. The van der Waals surface area contributed by atoms with Crippen molar-refractivity contribution in [2.24, 2.45) is 0 Å². The lowest BCUT2D eigenvalue weighted by Crippen LogP contribution is -2.37. The van der Waals surface area contributed by atoms with Crippen LogP contribution >= 0.6 is 12.0 Å². The van der Waals surface area contributed by atoms with Gasteiger partial charge in [-0.1, -0.05) is 5.04 Å². The monoisotopic (exact) mass is 290 g/mol. The molecule has 1 rings (SSSR count). The van der Waals surface area contributed by atoms with Gasteiger partial charge in [0.2, 0.25) is 0 Å². The number of hydrogen-bond acceptors (Lipinski definition) is 8. The standard InChI is InChI=1S/C7H14O8S2/c8-4-13-5-1-6(16-15-14-9)3-7(2-5)17(10,11)12/h5-9H,1-4H2,(H,10,11,12). The van der Waals surface area contributed by atoms with Crippen molar-refractivity contribution in [1.82, 2.24) is 0 Å². The van der Waals surface area contributed by atoms with Gasteiger partial charge in [0.15, 0.2) is 0 Å². The fraction of sp³-hybridized carbons (Fsp3) is 1.00. The molecular weight excluding hydrogens is 276 g/mol. The second-order valence-electron chi connectivity index (χ2n) is 3.62. The van der Waals surface area contributed by atoms with Gasteiger partial charge in [-0.3, -0.25) is 4.55 Å². The Bertz CT molecular complexity index is 318. The molecule has 0 saturated heterocycles. The summed E-state index contributed by atoms with van der Waals surface area (Å²) in [5.41, 5.74) is 0. The van der Waals surface area contributed by atoms with Crippen LogP contribution in [0.1, 0.15) is 19.3 Å². The van der Waals surface area contributed by atoms with Gasteiger partial charge in [0.05, 0.1) is 11.4 Å². The Kier molecular flexibility index (Phi) is 6.09. The number of ether oxygens (including phenoxy) is 1. The van der Waals surface area contributed by atoms with Gasteiger partial charge in [-0.05, 0) is 19.3 Å². The van der Waals surface area contributed by atoms with E-state index in [0.717, 1.165) is 12.0 Å². The quantitative estimate of drug-likeness (QED) is 0.207. The predicted octanol–water partition coefficient (Wildman–Crippen LogP) is 0.200. The molecule has 0 heterocycles. The molecule has 3 N–H and O–H groups in total. The van der Waals surface area contributed by atoms with Crippen LogP contribution in [0.2, 0.25) is 0 Å². The highest BCUT2D eigenvalue weighted by atomic mass is 32.2. The largest absolute Gasteiger partial charge is 0.371 e. The van der Waals surface area contributed by atoms with Crippen molar-refractivity contribution >= 4 is 22.2 Å². The Morgan fingerprint density at radius 1 is 1.29 bits per heavy atom. The molecule has 0 bridgehead atoms. The number of hydrogen-bond donors (Lipinski definition) is 3. The molecule has 3 atom stereocenters. The van der Waals surface area contributed by atoms with Gasteiger partial charge in [-0.2, -0.15) is 8.42 Å². The summed E-state index contributed by atoms with van der Waals surface area (Å²) in [5, 5.41) is 18.8. The second-order valence-corrected chi connectivity index (χ2v) is 6.31. The van der Waals surface area contributed by atoms with Crippen molar-refractivity contribution in [3.8, 4) is 0 Å². The van der Waals surface area contributed by atoms with E-state index in [-0.39, 0.29) is 18.1 Å². The molecule has 1 fully saturated rings. The van der Waals surface area contributed by atoms with E-state index in [1.54, 1.807) is 0 Å². The third kappa shape index (κ3) is 5.06. The zero-order chi connectivity index (χ0) is 12.9. The van der Waals surface area contributed by atoms with Gasteiger partial charge in [-0.15, -0.1) is 4.33 Å². The zero-order valence-electron chi connectivity index (χ0n) is 8.76. The molecule has 0 aromatic rings. The molecular formula is C7H14O8S2. The third-order valence-corrected chi connectivity index (χ3v) is 4.54. The van der Waals surface area contributed by atoms with Crippen LogP contribution in [0.5, 0.6) is 0 Å². The summed E-state index contributed by atoms with van der Waals surface area (Å²) in [5.74, 6) is 0. The van der Waals surface area contributed by atoms with Crippen LogP contribution in [0.25, 0.3) is 0 Å². The van der Waals surface area contributed by atoms with Crippen molar-refractivity contribution in [3.05, 3.63) is 0 Å². The highest BCUT2D eigenvalue weighted by Gasteiger charge is 2.37. The summed E-state index contributed by atoms with van der Waals surface area (Å²) in [6.07, 6.45) is 0.176. The van der Waals surface area contributed by atoms with Crippen LogP contribution in [-0.2, 0) is 24.2 Å². The van der Waals surface area contributed by atoms with Gasteiger partial charge in [-0.25, -0.2) is 5.26 Å². The van der Waals surface area contributed by atoms with E-state index in [2.05, 4.69) is 9.37 Å².